The Balaban J connectivity index is 1.76. The number of rotatable bonds is 4. The Hall–Kier alpha value is -2.54. The average molecular weight is 374 g/mol. The lowest BCUT2D eigenvalue weighted by Crippen LogP contribution is -2.50. The van der Waals surface area contributed by atoms with Gasteiger partial charge in [-0.3, -0.25) is 9.59 Å². The summed E-state index contributed by atoms with van der Waals surface area (Å²) < 4.78 is 18.8. The van der Waals surface area contributed by atoms with E-state index < -0.39 is 6.10 Å². The number of anilines is 1. The van der Waals surface area contributed by atoms with Crippen molar-refractivity contribution in [1.82, 2.24) is 4.90 Å². The summed E-state index contributed by atoms with van der Waals surface area (Å²) >= 11 is 1.33. The highest BCUT2D eigenvalue weighted by molar-refractivity contribution is 8.00. The van der Waals surface area contributed by atoms with E-state index in [9.17, 15) is 14.0 Å². The van der Waals surface area contributed by atoms with Crippen LogP contribution in [0, 0.1) is 5.82 Å². The van der Waals surface area contributed by atoms with Gasteiger partial charge in [0, 0.05) is 19.0 Å². The van der Waals surface area contributed by atoms with Crippen LogP contribution in [-0.2, 0) is 9.59 Å². The number of halogens is 1. The number of carbonyl (C=O) groups is 2. The minimum Gasteiger partial charge on any atom is -0.476 e. The maximum Gasteiger partial charge on any atom is 0.265 e. The van der Waals surface area contributed by atoms with Gasteiger partial charge in [-0.15, -0.1) is 11.8 Å². The molecule has 136 valence electrons. The van der Waals surface area contributed by atoms with Gasteiger partial charge in [-0.25, -0.2) is 4.39 Å². The topological polar surface area (TPSA) is 49.9 Å². The van der Waals surface area contributed by atoms with E-state index in [1.807, 2.05) is 6.07 Å². The van der Waals surface area contributed by atoms with E-state index in [0.717, 1.165) is 4.90 Å². The molecule has 0 aromatic heterocycles. The quantitative estimate of drug-likeness (QED) is 0.773. The van der Waals surface area contributed by atoms with Crippen LogP contribution in [0.5, 0.6) is 5.75 Å². The number of thioether (sulfide) groups is 1. The lowest BCUT2D eigenvalue weighted by Gasteiger charge is -2.35. The van der Waals surface area contributed by atoms with Gasteiger partial charge in [0.25, 0.3) is 5.91 Å². The van der Waals surface area contributed by atoms with Gasteiger partial charge < -0.3 is 14.5 Å². The first kappa shape index (κ1) is 18.3. The molecule has 1 aliphatic heterocycles. The summed E-state index contributed by atoms with van der Waals surface area (Å²) in [5.74, 6) is 0.0603. The zero-order valence-electron chi connectivity index (χ0n) is 14.5. The first-order chi connectivity index (χ1) is 12.5. The monoisotopic (exact) mass is 374 g/mol. The van der Waals surface area contributed by atoms with Crippen LogP contribution in [0.1, 0.15) is 0 Å². The largest absolute Gasteiger partial charge is 0.476 e. The van der Waals surface area contributed by atoms with Crippen molar-refractivity contribution >= 4 is 29.3 Å². The first-order valence-corrected chi connectivity index (χ1v) is 9.10. The summed E-state index contributed by atoms with van der Waals surface area (Å²) in [7, 11) is 3.31. The Bertz CT molecular complexity index is 811. The molecule has 7 heteroatoms. The zero-order chi connectivity index (χ0) is 18.7. The van der Waals surface area contributed by atoms with Crippen molar-refractivity contribution in [1.29, 1.82) is 0 Å². The van der Waals surface area contributed by atoms with Gasteiger partial charge in [0.2, 0.25) is 5.91 Å². The van der Waals surface area contributed by atoms with Crippen molar-refractivity contribution in [2.75, 3.05) is 31.3 Å². The molecule has 2 aromatic carbocycles. The van der Waals surface area contributed by atoms with Crippen LogP contribution in [-0.4, -0.2) is 49.2 Å². The predicted molar refractivity (Wildman–Crippen MR) is 99.0 cm³/mol. The average Bonchev–Trinajstić information content (AvgIpc) is 2.65. The molecule has 0 fully saturated rings. The minimum atomic E-state index is -0.736. The van der Waals surface area contributed by atoms with E-state index in [4.69, 9.17) is 4.74 Å². The number of benzene rings is 2. The van der Waals surface area contributed by atoms with Gasteiger partial charge in [0.15, 0.2) is 6.10 Å². The number of likely N-dealkylation sites (N-methyl/N-ethyl adjacent to an activating group) is 1. The number of ether oxygens (including phenoxy) is 1. The Morgan fingerprint density at radius 3 is 2.58 bits per heavy atom. The fourth-order valence-electron chi connectivity index (χ4n) is 2.64. The lowest BCUT2D eigenvalue weighted by atomic mass is 10.1. The summed E-state index contributed by atoms with van der Waals surface area (Å²) in [6, 6.07) is 13.2. The van der Waals surface area contributed by atoms with Gasteiger partial charge in [-0.1, -0.05) is 12.1 Å². The van der Waals surface area contributed by atoms with Crippen LogP contribution in [0.4, 0.5) is 10.1 Å². The lowest BCUT2D eigenvalue weighted by molar-refractivity contribution is -0.136. The Morgan fingerprint density at radius 1 is 1.19 bits per heavy atom. The molecule has 1 atom stereocenters. The zero-order valence-corrected chi connectivity index (χ0v) is 15.3. The molecule has 1 aliphatic rings. The van der Waals surface area contributed by atoms with Crippen LogP contribution < -0.4 is 9.64 Å². The summed E-state index contributed by atoms with van der Waals surface area (Å²) in [5.41, 5.74) is 0.653. The highest BCUT2D eigenvalue weighted by Gasteiger charge is 2.34. The second-order valence-electron chi connectivity index (χ2n) is 6.05. The van der Waals surface area contributed by atoms with Crippen LogP contribution >= 0.6 is 11.8 Å². The van der Waals surface area contributed by atoms with Crippen molar-refractivity contribution in [3.05, 3.63) is 54.3 Å². The second kappa shape index (κ2) is 7.78. The summed E-state index contributed by atoms with van der Waals surface area (Å²) in [5, 5.41) is 0. The van der Waals surface area contributed by atoms with E-state index in [2.05, 4.69) is 0 Å². The number of hydrogen-bond acceptors (Lipinski definition) is 4. The maximum absolute atomic E-state index is 13.0. The van der Waals surface area contributed by atoms with Gasteiger partial charge >= 0.3 is 0 Å². The first-order valence-electron chi connectivity index (χ1n) is 8.11. The van der Waals surface area contributed by atoms with E-state index in [1.165, 1.54) is 28.8 Å². The number of carbonyl (C=O) groups excluding carboxylic acids is 2. The Morgan fingerprint density at radius 2 is 1.88 bits per heavy atom. The van der Waals surface area contributed by atoms with Crippen LogP contribution in [0.25, 0.3) is 0 Å². The molecule has 2 aromatic rings. The van der Waals surface area contributed by atoms with Crippen LogP contribution in [0.15, 0.2) is 53.4 Å². The number of fused-ring (bicyclic) bond motifs is 1. The van der Waals surface area contributed by atoms with Crippen molar-refractivity contribution < 1.29 is 18.7 Å². The molecule has 0 spiro atoms. The summed E-state index contributed by atoms with van der Waals surface area (Å²) in [6.45, 7) is 0.164. The van der Waals surface area contributed by atoms with Crippen LogP contribution in [0.2, 0.25) is 0 Å². The van der Waals surface area contributed by atoms with Crippen molar-refractivity contribution in [2.24, 2.45) is 0 Å². The molecule has 0 saturated carbocycles. The van der Waals surface area contributed by atoms with Crippen molar-refractivity contribution in [3.63, 3.8) is 0 Å². The molecule has 26 heavy (non-hydrogen) atoms. The van der Waals surface area contributed by atoms with E-state index >= 15 is 0 Å². The van der Waals surface area contributed by atoms with E-state index in [-0.39, 0.29) is 29.9 Å². The highest BCUT2D eigenvalue weighted by Crippen LogP contribution is 2.34. The molecular weight excluding hydrogens is 355 g/mol. The van der Waals surface area contributed by atoms with Gasteiger partial charge in [0.05, 0.1) is 18.0 Å². The summed E-state index contributed by atoms with van der Waals surface area (Å²) in [4.78, 5) is 28.9. The number of hydrogen-bond donors (Lipinski definition) is 0. The fourth-order valence-corrected chi connectivity index (χ4v) is 3.42. The SMILES string of the molecule is CN(C)C(=O)[C@H]1CN(C(=O)CSc2ccc(F)cc2)c2ccccc2O1. The normalized spacial score (nSPS) is 15.8. The minimum absolute atomic E-state index is 0.133. The molecule has 0 radical (unpaired) electrons. The molecule has 0 unspecified atom stereocenters. The summed E-state index contributed by atoms with van der Waals surface area (Å²) in [6.07, 6.45) is -0.736. The van der Waals surface area contributed by atoms with Gasteiger partial charge in [-0.05, 0) is 36.4 Å². The molecular formula is C19H19FN2O3S. The fraction of sp³-hybridized carbons (Fsp3) is 0.263. The Labute approximate surface area is 155 Å². The van der Waals surface area contributed by atoms with Gasteiger partial charge in [0.1, 0.15) is 11.6 Å². The predicted octanol–water partition coefficient (Wildman–Crippen LogP) is 2.80. The van der Waals surface area contributed by atoms with Crippen molar-refractivity contribution in [2.45, 2.75) is 11.0 Å². The number of amides is 2. The number of para-hydroxylation sites is 2. The third-order valence-corrected chi connectivity index (χ3v) is 4.96. The molecule has 2 amide bonds. The molecule has 0 bridgehead atoms. The molecule has 0 N–H and O–H groups in total. The van der Waals surface area contributed by atoms with E-state index in [1.54, 1.807) is 49.3 Å². The third kappa shape index (κ3) is 3.99. The van der Waals surface area contributed by atoms with Gasteiger partial charge in [-0.2, -0.15) is 0 Å². The Kier molecular flexibility index (Phi) is 5.46. The van der Waals surface area contributed by atoms with Crippen LogP contribution in [0.3, 0.4) is 0 Å². The molecule has 0 aliphatic carbocycles. The molecule has 3 rings (SSSR count). The van der Waals surface area contributed by atoms with Crippen molar-refractivity contribution in [3.8, 4) is 5.75 Å². The molecule has 0 saturated heterocycles. The second-order valence-corrected chi connectivity index (χ2v) is 7.10. The standard InChI is InChI=1S/C19H19FN2O3S/c1-21(2)19(24)17-11-22(15-5-3-4-6-16(15)25-17)18(23)12-26-14-9-7-13(20)8-10-14/h3-10,17H,11-12H2,1-2H3/t17-/m1/s1. The molecule has 5 nitrogen and oxygen atoms in total. The smallest absolute Gasteiger partial charge is 0.265 e. The van der Waals surface area contributed by atoms with E-state index in [0.29, 0.717) is 11.4 Å². The molecule has 1 heterocycles. The number of nitrogens with zero attached hydrogens (tertiary/aromatic N) is 2. The maximum atomic E-state index is 13.0. The highest BCUT2D eigenvalue weighted by atomic mass is 32.2. The third-order valence-electron chi connectivity index (χ3n) is 3.97.